The van der Waals surface area contributed by atoms with Crippen LogP contribution in [0.15, 0.2) is 47.5 Å². The lowest BCUT2D eigenvalue weighted by Crippen LogP contribution is -2.40. The smallest absolute Gasteiger partial charge is 0.244 e. The second kappa shape index (κ2) is 9.19. The van der Waals surface area contributed by atoms with Crippen LogP contribution in [-0.2, 0) is 14.8 Å². The highest BCUT2D eigenvalue weighted by atomic mass is 35.5. The zero-order valence-corrected chi connectivity index (χ0v) is 17.6. The molecule has 2 heterocycles. The minimum atomic E-state index is -3.53. The fraction of sp³-hybridized carbons (Fsp3) is 0.421. The van der Waals surface area contributed by atoms with Gasteiger partial charge in [-0.25, -0.2) is 13.4 Å². The Hall–Kier alpha value is -1.71. The van der Waals surface area contributed by atoms with Gasteiger partial charge >= 0.3 is 0 Å². The molecule has 0 spiro atoms. The fourth-order valence-electron chi connectivity index (χ4n) is 3.09. The number of aromatic nitrogens is 1. The van der Waals surface area contributed by atoms with Crippen LogP contribution in [0.5, 0.6) is 0 Å². The van der Waals surface area contributed by atoms with E-state index in [0.29, 0.717) is 43.7 Å². The van der Waals surface area contributed by atoms with Crippen molar-refractivity contribution < 1.29 is 13.2 Å². The molecule has 2 aromatic rings. The predicted octanol–water partition coefficient (Wildman–Crippen LogP) is 2.47. The molecular weight excluding hydrogens is 400 g/mol. The third-order valence-electron chi connectivity index (χ3n) is 4.71. The van der Waals surface area contributed by atoms with Crippen molar-refractivity contribution in [2.75, 3.05) is 52.3 Å². The second-order valence-corrected chi connectivity index (χ2v) is 9.12. The van der Waals surface area contributed by atoms with Crippen molar-refractivity contribution in [1.29, 1.82) is 0 Å². The maximum Gasteiger partial charge on any atom is 0.244 e. The zero-order valence-electron chi connectivity index (χ0n) is 16.0. The molecule has 1 N–H and O–H groups in total. The van der Waals surface area contributed by atoms with Gasteiger partial charge < -0.3 is 15.0 Å². The van der Waals surface area contributed by atoms with Crippen LogP contribution in [0.4, 0.5) is 5.82 Å². The summed E-state index contributed by atoms with van der Waals surface area (Å²) in [5.74, 6) is 0.611. The normalized spacial score (nSPS) is 16.9. The van der Waals surface area contributed by atoms with Crippen LogP contribution in [0, 0.1) is 0 Å². The number of hydrogen-bond acceptors (Lipinski definition) is 6. The number of ether oxygens (including phenoxy) is 1. The molecule has 1 aliphatic rings. The van der Waals surface area contributed by atoms with Gasteiger partial charge in [0, 0.05) is 30.9 Å². The molecule has 1 atom stereocenters. The number of hydrogen-bond donors (Lipinski definition) is 1. The largest absolute Gasteiger partial charge is 0.379 e. The van der Waals surface area contributed by atoms with E-state index in [1.807, 2.05) is 38.4 Å². The molecule has 7 nitrogen and oxygen atoms in total. The van der Waals surface area contributed by atoms with E-state index in [1.54, 1.807) is 12.1 Å². The Balaban J connectivity index is 1.69. The maximum atomic E-state index is 12.7. The summed E-state index contributed by atoms with van der Waals surface area (Å²) in [6.07, 6.45) is 1.40. The number of halogens is 1. The molecule has 152 valence electrons. The van der Waals surface area contributed by atoms with E-state index in [4.69, 9.17) is 16.3 Å². The number of pyridine rings is 1. The Kier molecular flexibility index (Phi) is 6.90. The predicted molar refractivity (Wildman–Crippen MR) is 110 cm³/mol. The van der Waals surface area contributed by atoms with Crippen LogP contribution in [0.2, 0.25) is 5.02 Å². The number of nitrogens with zero attached hydrogens (tertiary/aromatic N) is 3. The van der Waals surface area contributed by atoms with Gasteiger partial charge in [0.15, 0.2) is 0 Å². The summed E-state index contributed by atoms with van der Waals surface area (Å²) in [6, 6.07) is 11.1. The van der Waals surface area contributed by atoms with Gasteiger partial charge in [0.05, 0.1) is 19.3 Å². The van der Waals surface area contributed by atoms with E-state index >= 15 is 0 Å². The maximum absolute atomic E-state index is 12.7. The molecule has 0 saturated carbocycles. The number of nitrogens with one attached hydrogen (secondary N) is 1. The lowest BCUT2D eigenvalue weighted by atomic mass is 10.1. The van der Waals surface area contributed by atoms with Crippen LogP contribution in [0.1, 0.15) is 11.6 Å². The Bertz CT molecular complexity index is 884. The second-order valence-electron chi connectivity index (χ2n) is 6.78. The molecule has 1 fully saturated rings. The molecule has 1 unspecified atom stereocenters. The summed E-state index contributed by atoms with van der Waals surface area (Å²) in [5.41, 5.74) is 1.02. The first-order chi connectivity index (χ1) is 13.4. The van der Waals surface area contributed by atoms with Crippen molar-refractivity contribution in [3.63, 3.8) is 0 Å². The highest BCUT2D eigenvalue weighted by Crippen LogP contribution is 2.26. The van der Waals surface area contributed by atoms with Gasteiger partial charge in [0.2, 0.25) is 10.0 Å². The monoisotopic (exact) mass is 424 g/mol. The summed E-state index contributed by atoms with van der Waals surface area (Å²) < 4.78 is 32.0. The summed E-state index contributed by atoms with van der Waals surface area (Å²) in [6.45, 7) is 2.15. The Labute approximate surface area is 171 Å². The zero-order chi connectivity index (χ0) is 20.1. The highest BCUT2D eigenvalue weighted by molar-refractivity contribution is 7.89. The molecule has 28 heavy (non-hydrogen) atoms. The van der Waals surface area contributed by atoms with Gasteiger partial charge in [0.25, 0.3) is 0 Å². The van der Waals surface area contributed by atoms with E-state index in [2.05, 4.69) is 15.2 Å². The van der Waals surface area contributed by atoms with Crippen molar-refractivity contribution in [3.05, 3.63) is 53.2 Å². The van der Waals surface area contributed by atoms with Gasteiger partial charge in [-0.3, -0.25) is 0 Å². The molecule has 0 aliphatic carbocycles. The minimum absolute atomic E-state index is 0.0484. The summed E-state index contributed by atoms with van der Waals surface area (Å²) in [4.78, 5) is 6.55. The average Bonchev–Trinajstić information content (AvgIpc) is 2.70. The number of likely N-dealkylation sites (N-methyl/N-ethyl adjacent to an activating group) is 1. The SMILES string of the molecule is CN(C)C(CNc1ccc(S(=O)(=O)N2CCOCC2)cn1)c1ccccc1Cl. The topological polar surface area (TPSA) is 74.8 Å². The van der Waals surface area contributed by atoms with Gasteiger partial charge in [-0.1, -0.05) is 29.8 Å². The minimum Gasteiger partial charge on any atom is -0.379 e. The van der Waals surface area contributed by atoms with Gasteiger partial charge in [-0.15, -0.1) is 0 Å². The number of anilines is 1. The molecule has 3 rings (SSSR count). The van der Waals surface area contributed by atoms with E-state index in [0.717, 1.165) is 5.56 Å². The highest BCUT2D eigenvalue weighted by Gasteiger charge is 2.26. The van der Waals surface area contributed by atoms with Gasteiger partial charge in [0.1, 0.15) is 10.7 Å². The molecule has 0 bridgehead atoms. The van der Waals surface area contributed by atoms with Crippen LogP contribution < -0.4 is 5.32 Å². The molecule has 1 aromatic heterocycles. The first-order valence-corrected chi connectivity index (χ1v) is 10.9. The van der Waals surface area contributed by atoms with E-state index in [1.165, 1.54) is 10.5 Å². The lowest BCUT2D eigenvalue weighted by molar-refractivity contribution is 0.0730. The molecule has 1 aliphatic heterocycles. The Morgan fingerprint density at radius 1 is 1.21 bits per heavy atom. The average molecular weight is 425 g/mol. The number of rotatable bonds is 7. The molecule has 9 heteroatoms. The first-order valence-electron chi connectivity index (χ1n) is 9.08. The Morgan fingerprint density at radius 2 is 1.93 bits per heavy atom. The number of sulfonamides is 1. The van der Waals surface area contributed by atoms with Crippen LogP contribution in [0.25, 0.3) is 0 Å². The van der Waals surface area contributed by atoms with Crippen molar-refractivity contribution in [2.45, 2.75) is 10.9 Å². The van der Waals surface area contributed by atoms with Crippen molar-refractivity contribution in [2.24, 2.45) is 0 Å². The van der Waals surface area contributed by atoms with Gasteiger partial charge in [-0.05, 0) is 37.9 Å². The molecule has 1 aromatic carbocycles. The van der Waals surface area contributed by atoms with E-state index in [9.17, 15) is 8.42 Å². The third-order valence-corrected chi connectivity index (χ3v) is 6.93. The molecule has 0 amide bonds. The van der Waals surface area contributed by atoms with E-state index < -0.39 is 10.0 Å². The molecule has 0 radical (unpaired) electrons. The summed E-state index contributed by atoms with van der Waals surface area (Å²) in [7, 11) is 0.440. The summed E-state index contributed by atoms with van der Waals surface area (Å²) >= 11 is 6.34. The number of morpholine rings is 1. The van der Waals surface area contributed by atoms with Crippen LogP contribution >= 0.6 is 11.6 Å². The van der Waals surface area contributed by atoms with Crippen molar-refractivity contribution in [3.8, 4) is 0 Å². The molecular formula is C19H25ClN4O3S. The third kappa shape index (κ3) is 4.82. The lowest BCUT2D eigenvalue weighted by Gasteiger charge is -2.26. The quantitative estimate of drug-likeness (QED) is 0.736. The van der Waals surface area contributed by atoms with Crippen LogP contribution in [-0.4, -0.2) is 69.6 Å². The standard InChI is InChI=1S/C19H25ClN4O3S/c1-23(2)18(16-5-3-4-6-17(16)20)14-22-19-8-7-15(13-21-19)28(25,26)24-9-11-27-12-10-24/h3-8,13,18H,9-12,14H2,1-2H3,(H,21,22). The fourth-order valence-corrected chi connectivity index (χ4v) is 4.71. The van der Waals surface area contributed by atoms with E-state index in [-0.39, 0.29) is 10.9 Å². The van der Waals surface area contributed by atoms with Gasteiger partial charge in [-0.2, -0.15) is 4.31 Å². The van der Waals surface area contributed by atoms with Crippen molar-refractivity contribution in [1.82, 2.24) is 14.2 Å². The van der Waals surface area contributed by atoms with Crippen LogP contribution in [0.3, 0.4) is 0 Å². The first kappa shape index (κ1) is 21.0. The number of benzene rings is 1. The summed E-state index contributed by atoms with van der Waals surface area (Å²) in [5, 5.41) is 3.98. The molecule has 1 saturated heterocycles. The van der Waals surface area contributed by atoms with Crippen molar-refractivity contribution >= 4 is 27.4 Å². The Morgan fingerprint density at radius 3 is 2.54 bits per heavy atom.